The third-order valence-electron chi connectivity index (χ3n) is 3.78. The van der Waals surface area contributed by atoms with Crippen molar-refractivity contribution < 1.29 is 9.21 Å². The van der Waals surface area contributed by atoms with E-state index in [0.29, 0.717) is 17.3 Å². The van der Waals surface area contributed by atoms with Gasteiger partial charge in [0.15, 0.2) is 0 Å². The van der Waals surface area contributed by atoms with Gasteiger partial charge in [-0.15, -0.1) is 21.5 Å². The van der Waals surface area contributed by atoms with Crippen molar-refractivity contribution in [3.05, 3.63) is 65.5 Å². The van der Waals surface area contributed by atoms with E-state index in [1.54, 1.807) is 34.9 Å². The first-order chi connectivity index (χ1) is 12.2. The van der Waals surface area contributed by atoms with Crippen LogP contribution >= 0.6 is 11.3 Å². The van der Waals surface area contributed by atoms with E-state index in [9.17, 15) is 4.79 Å². The van der Waals surface area contributed by atoms with Gasteiger partial charge in [-0.3, -0.25) is 4.79 Å². The standard InChI is InChI=1S/C18H14N4O2S/c1-22(18(23)13-7-8-15-14(9-13)19-11-25-15)10-16-20-21-17(24-16)12-5-3-2-4-6-12/h2-9,11H,10H2,1H3. The lowest BCUT2D eigenvalue weighted by Crippen LogP contribution is -2.26. The molecule has 0 saturated heterocycles. The molecule has 124 valence electrons. The zero-order chi connectivity index (χ0) is 17.2. The lowest BCUT2D eigenvalue weighted by molar-refractivity contribution is 0.0773. The summed E-state index contributed by atoms with van der Waals surface area (Å²) in [5, 5.41) is 8.07. The number of thiazole rings is 1. The summed E-state index contributed by atoms with van der Waals surface area (Å²) in [6.45, 7) is 0.244. The van der Waals surface area contributed by atoms with Gasteiger partial charge >= 0.3 is 0 Å². The number of carbonyl (C=O) groups is 1. The lowest BCUT2D eigenvalue weighted by atomic mass is 10.2. The Morgan fingerprint density at radius 3 is 2.84 bits per heavy atom. The quantitative estimate of drug-likeness (QED) is 0.562. The van der Waals surface area contributed by atoms with Crippen LogP contribution in [0.3, 0.4) is 0 Å². The molecular weight excluding hydrogens is 336 g/mol. The monoisotopic (exact) mass is 350 g/mol. The van der Waals surface area contributed by atoms with Crippen LogP contribution in [0.2, 0.25) is 0 Å². The number of benzene rings is 2. The Bertz CT molecular complexity index is 1030. The normalized spacial score (nSPS) is 10.9. The Labute approximate surface area is 147 Å². The van der Waals surface area contributed by atoms with Crippen molar-refractivity contribution in [2.45, 2.75) is 6.54 Å². The lowest BCUT2D eigenvalue weighted by Gasteiger charge is -2.14. The summed E-state index contributed by atoms with van der Waals surface area (Å²) in [7, 11) is 1.71. The van der Waals surface area contributed by atoms with Crippen molar-refractivity contribution in [1.82, 2.24) is 20.1 Å². The van der Waals surface area contributed by atoms with Crippen LogP contribution in [0.5, 0.6) is 0 Å². The molecule has 2 heterocycles. The molecule has 0 N–H and O–H groups in total. The fourth-order valence-electron chi connectivity index (χ4n) is 2.50. The summed E-state index contributed by atoms with van der Waals surface area (Å²) in [6.07, 6.45) is 0. The number of rotatable bonds is 4. The Kier molecular flexibility index (Phi) is 3.99. The van der Waals surface area contributed by atoms with Crippen molar-refractivity contribution in [3.63, 3.8) is 0 Å². The van der Waals surface area contributed by atoms with E-state index in [4.69, 9.17) is 4.42 Å². The van der Waals surface area contributed by atoms with Crippen molar-refractivity contribution in [2.24, 2.45) is 0 Å². The number of aromatic nitrogens is 3. The molecule has 0 unspecified atom stereocenters. The van der Waals surface area contributed by atoms with E-state index in [0.717, 1.165) is 15.8 Å². The second-order valence-corrected chi connectivity index (χ2v) is 6.45. The predicted molar refractivity (Wildman–Crippen MR) is 95.2 cm³/mol. The smallest absolute Gasteiger partial charge is 0.254 e. The highest BCUT2D eigenvalue weighted by Gasteiger charge is 2.16. The van der Waals surface area contributed by atoms with E-state index >= 15 is 0 Å². The van der Waals surface area contributed by atoms with E-state index in [-0.39, 0.29) is 12.5 Å². The number of fused-ring (bicyclic) bond motifs is 1. The molecule has 6 nitrogen and oxygen atoms in total. The maximum atomic E-state index is 12.6. The number of hydrogen-bond acceptors (Lipinski definition) is 6. The minimum Gasteiger partial charge on any atom is -0.419 e. The van der Waals surface area contributed by atoms with Crippen molar-refractivity contribution >= 4 is 27.5 Å². The molecule has 0 atom stereocenters. The Balaban J connectivity index is 1.50. The van der Waals surface area contributed by atoms with Gasteiger partial charge in [0.05, 0.1) is 22.3 Å². The highest BCUT2D eigenvalue weighted by Crippen LogP contribution is 2.21. The predicted octanol–water partition coefficient (Wildman–Crippen LogP) is 3.62. The summed E-state index contributed by atoms with van der Waals surface area (Å²) in [4.78, 5) is 18.4. The van der Waals surface area contributed by atoms with E-state index in [1.165, 1.54) is 0 Å². The van der Waals surface area contributed by atoms with Gasteiger partial charge in [0.25, 0.3) is 5.91 Å². The van der Waals surface area contributed by atoms with Gasteiger partial charge in [-0.1, -0.05) is 18.2 Å². The average molecular weight is 350 g/mol. The summed E-state index contributed by atoms with van der Waals surface area (Å²) in [6, 6.07) is 15.1. The number of hydrogen-bond donors (Lipinski definition) is 0. The molecule has 4 rings (SSSR count). The van der Waals surface area contributed by atoms with E-state index in [2.05, 4.69) is 15.2 Å². The van der Waals surface area contributed by atoms with Crippen LogP contribution in [0.4, 0.5) is 0 Å². The highest BCUT2D eigenvalue weighted by atomic mass is 32.1. The molecule has 0 radical (unpaired) electrons. The van der Waals surface area contributed by atoms with Crippen LogP contribution in [0, 0.1) is 0 Å². The zero-order valence-corrected chi connectivity index (χ0v) is 14.2. The molecule has 2 aromatic heterocycles. The fourth-order valence-corrected chi connectivity index (χ4v) is 3.16. The average Bonchev–Trinajstić information content (AvgIpc) is 3.30. The van der Waals surface area contributed by atoms with E-state index < -0.39 is 0 Å². The molecule has 2 aromatic carbocycles. The van der Waals surface area contributed by atoms with Crippen LogP contribution in [0.1, 0.15) is 16.2 Å². The molecule has 0 aliphatic rings. The van der Waals surface area contributed by atoms with Crippen LogP contribution in [0.25, 0.3) is 21.7 Å². The molecule has 1 amide bonds. The Morgan fingerprint density at radius 2 is 2.00 bits per heavy atom. The largest absolute Gasteiger partial charge is 0.419 e. The zero-order valence-electron chi connectivity index (χ0n) is 13.4. The summed E-state index contributed by atoms with van der Waals surface area (Å²) in [5.74, 6) is 0.721. The van der Waals surface area contributed by atoms with Gasteiger partial charge < -0.3 is 9.32 Å². The van der Waals surface area contributed by atoms with Crippen LogP contribution in [-0.4, -0.2) is 33.0 Å². The van der Waals surface area contributed by atoms with Crippen LogP contribution < -0.4 is 0 Å². The van der Waals surface area contributed by atoms with Crippen molar-refractivity contribution in [1.29, 1.82) is 0 Å². The maximum absolute atomic E-state index is 12.6. The summed E-state index contributed by atoms with van der Waals surface area (Å²) < 4.78 is 6.72. The molecule has 0 saturated carbocycles. The SMILES string of the molecule is CN(Cc1nnc(-c2ccccc2)o1)C(=O)c1ccc2scnc2c1. The van der Waals surface area contributed by atoms with Crippen molar-refractivity contribution in [3.8, 4) is 11.5 Å². The van der Waals surface area contributed by atoms with Gasteiger partial charge in [0.2, 0.25) is 11.8 Å². The Hall–Kier alpha value is -3.06. The number of carbonyl (C=O) groups excluding carboxylic acids is 1. The first-order valence-electron chi connectivity index (χ1n) is 7.67. The molecule has 0 aliphatic heterocycles. The number of nitrogens with zero attached hydrogens (tertiary/aromatic N) is 4. The summed E-state index contributed by atoms with van der Waals surface area (Å²) in [5.41, 5.74) is 4.04. The van der Waals surface area contributed by atoms with Gasteiger partial charge in [-0.25, -0.2) is 4.98 Å². The first kappa shape index (κ1) is 15.5. The summed E-state index contributed by atoms with van der Waals surface area (Å²) >= 11 is 1.55. The fraction of sp³-hybridized carbons (Fsp3) is 0.111. The van der Waals surface area contributed by atoms with Gasteiger partial charge in [0, 0.05) is 18.2 Å². The molecule has 4 aromatic rings. The molecule has 0 bridgehead atoms. The van der Waals surface area contributed by atoms with Crippen LogP contribution in [0.15, 0.2) is 58.5 Å². The molecule has 0 aliphatic carbocycles. The number of amides is 1. The second-order valence-electron chi connectivity index (χ2n) is 5.56. The van der Waals surface area contributed by atoms with E-state index in [1.807, 2.05) is 42.5 Å². The van der Waals surface area contributed by atoms with Gasteiger partial charge in [0.1, 0.15) is 0 Å². The van der Waals surface area contributed by atoms with Crippen molar-refractivity contribution in [2.75, 3.05) is 7.05 Å². The Morgan fingerprint density at radius 1 is 1.16 bits per heavy atom. The topological polar surface area (TPSA) is 72.1 Å². The molecule has 7 heteroatoms. The molecule has 25 heavy (non-hydrogen) atoms. The van der Waals surface area contributed by atoms with Gasteiger partial charge in [-0.2, -0.15) is 0 Å². The third-order valence-corrected chi connectivity index (χ3v) is 4.59. The van der Waals surface area contributed by atoms with Gasteiger partial charge in [-0.05, 0) is 30.3 Å². The maximum Gasteiger partial charge on any atom is 0.254 e. The first-order valence-corrected chi connectivity index (χ1v) is 8.55. The molecular formula is C18H14N4O2S. The highest BCUT2D eigenvalue weighted by molar-refractivity contribution is 7.16. The second kappa shape index (κ2) is 6.45. The third kappa shape index (κ3) is 3.14. The van der Waals surface area contributed by atoms with Crippen LogP contribution in [-0.2, 0) is 6.54 Å². The minimum atomic E-state index is -0.116. The molecule has 0 fully saturated rings. The minimum absolute atomic E-state index is 0.116. The molecule has 0 spiro atoms.